The van der Waals surface area contributed by atoms with Crippen LogP contribution in [0.4, 0.5) is 0 Å². The van der Waals surface area contributed by atoms with Gasteiger partial charge in [-0.1, -0.05) is 18.2 Å². The Balaban J connectivity index is 2.02. The molecule has 0 saturated heterocycles. The van der Waals surface area contributed by atoms with Crippen LogP contribution in [0.5, 0.6) is 5.75 Å². The first-order valence-corrected chi connectivity index (χ1v) is 7.88. The second-order valence-corrected chi connectivity index (χ2v) is 5.84. The first-order valence-electron chi connectivity index (χ1n) is 7.88. The molecule has 0 unspecified atom stereocenters. The zero-order chi connectivity index (χ0) is 18.0. The Morgan fingerprint density at radius 1 is 1.20 bits per heavy atom. The molecule has 3 rings (SSSR count). The normalized spacial score (nSPS) is 12.1. The van der Waals surface area contributed by atoms with E-state index in [9.17, 15) is 14.9 Å². The van der Waals surface area contributed by atoms with Gasteiger partial charge in [0, 0.05) is 35.4 Å². The van der Waals surface area contributed by atoms with E-state index in [-0.39, 0.29) is 17.3 Å². The molecule has 1 heterocycles. The fourth-order valence-electron chi connectivity index (χ4n) is 3.02. The van der Waals surface area contributed by atoms with E-state index in [1.807, 2.05) is 24.3 Å². The third kappa shape index (κ3) is 3.24. The summed E-state index contributed by atoms with van der Waals surface area (Å²) in [6.07, 6.45) is 1.91. The number of para-hydroxylation sites is 1. The van der Waals surface area contributed by atoms with Crippen LogP contribution in [-0.2, 0) is 6.42 Å². The van der Waals surface area contributed by atoms with Crippen LogP contribution >= 0.6 is 0 Å². The minimum atomic E-state index is -0.892. The smallest absolute Gasteiger partial charge is 0.242 e. The van der Waals surface area contributed by atoms with Crippen LogP contribution < -0.4 is 4.74 Å². The van der Waals surface area contributed by atoms with Crippen molar-refractivity contribution in [1.82, 2.24) is 4.57 Å². The minimum absolute atomic E-state index is 0.121. The summed E-state index contributed by atoms with van der Waals surface area (Å²) >= 11 is 0. The molecule has 0 fully saturated rings. The van der Waals surface area contributed by atoms with Crippen molar-refractivity contribution in [2.45, 2.75) is 19.4 Å². The number of fused-ring (bicyclic) bond motifs is 1. The molecule has 1 aromatic heterocycles. The molecule has 0 aliphatic rings. The number of aromatic nitrogens is 1. The fraction of sp³-hybridized carbons (Fsp3) is 0.211. The molecular weight excluding hydrogens is 320 g/mol. The average Bonchev–Trinajstić information content (AvgIpc) is 2.98. The Labute approximate surface area is 144 Å². The van der Waals surface area contributed by atoms with E-state index in [2.05, 4.69) is 0 Å². The highest BCUT2D eigenvalue weighted by Crippen LogP contribution is 2.29. The average molecular weight is 338 g/mol. The van der Waals surface area contributed by atoms with Gasteiger partial charge in [0.05, 0.1) is 12.6 Å². The van der Waals surface area contributed by atoms with Crippen molar-refractivity contribution in [2.75, 3.05) is 7.11 Å². The Morgan fingerprint density at radius 3 is 2.48 bits per heavy atom. The number of methoxy groups -OCH3 is 1. The lowest BCUT2D eigenvalue weighted by molar-refractivity contribution is -0.528. The van der Waals surface area contributed by atoms with Crippen LogP contribution in [-0.4, -0.2) is 22.5 Å². The molecule has 0 aliphatic heterocycles. The quantitative estimate of drug-likeness (QED) is 0.523. The maximum absolute atomic E-state index is 11.8. The highest BCUT2D eigenvalue weighted by molar-refractivity contribution is 5.93. The van der Waals surface area contributed by atoms with Gasteiger partial charge in [-0.2, -0.15) is 0 Å². The number of hydrogen-bond donors (Lipinski definition) is 0. The van der Waals surface area contributed by atoms with Gasteiger partial charge in [-0.25, -0.2) is 0 Å². The number of carbonyl (C=O) groups is 1. The van der Waals surface area contributed by atoms with Gasteiger partial charge in [-0.3, -0.25) is 19.5 Å². The molecule has 0 aliphatic carbocycles. The van der Waals surface area contributed by atoms with E-state index in [1.165, 1.54) is 11.5 Å². The van der Waals surface area contributed by atoms with Gasteiger partial charge in [0.25, 0.3) is 0 Å². The lowest BCUT2D eigenvalue weighted by atomic mass is 9.99. The zero-order valence-corrected chi connectivity index (χ0v) is 14.0. The third-order valence-electron chi connectivity index (χ3n) is 4.30. The standard InChI is InChI=1S/C19H18N2O4/c1-13(22)20-12-15(17-5-3-4-6-18(17)20)11-19(21(23)24)14-7-9-16(25-2)10-8-14/h3-10,12,19H,11H2,1-2H3/t19-/m1/s1. The highest BCUT2D eigenvalue weighted by Gasteiger charge is 2.25. The number of ether oxygens (including phenoxy) is 1. The molecule has 0 bridgehead atoms. The van der Waals surface area contributed by atoms with Crippen LogP contribution in [0.2, 0.25) is 0 Å². The fourth-order valence-corrected chi connectivity index (χ4v) is 3.02. The summed E-state index contributed by atoms with van der Waals surface area (Å²) in [5, 5.41) is 12.5. The van der Waals surface area contributed by atoms with Gasteiger partial charge in [-0.15, -0.1) is 0 Å². The van der Waals surface area contributed by atoms with Crippen LogP contribution in [0.25, 0.3) is 10.9 Å². The van der Waals surface area contributed by atoms with Crippen LogP contribution in [0.15, 0.2) is 54.7 Å². The molecular formula is C19H18N2O4. The molecule has 6 nitrogen and oxygen atoms in total. The van der Waals surface area contributed by atoms with Crippen molar-refractivity contribution in [3.8, 4) is 5.75 Å². The van der Waals surface area contributed by atoms with Gasteiger partial charge in [0.1, 0.15) is 5.75 Å². The van der Waals surface area contributed by atoms with Crippen molar-refractivity contribution in [1.29, 1.82) is 0 Å². The molecule has 0 amide bonds. The maximum atomic E-state index is 11.8. The van der Waals surface area contributed by atoms with Crippen LogP contribution in [0, 0.1) is 10.1 Å². The molecule has 128 valence electrons. The number of nitro groups is 1. The van der Waals surface area contributed by atoms with Gasteiger partial charge in [0.2, 0.25) is 11.9 Å². The van der Waals surface area contributed by atoms with Gasteiger partial charge >= 0.3 is 0 Å². The van der Waals surface area contributed by atoms with E-state index in [4.69, 9.17) is 4.74 Å². The predicted molar refractivity (Wildman–Crippen MR) is 94.7 cm³/mol. The maximum Gasteiger partial charge on any atom is 0.242 e. The number of rotatable bonds is 5. The molecule has 0 radical (unpaired) electrons. The largest absolute Gasteiger partial charge is 0.497 e. The van der Waals surface area contributed by atoms with E-state index >= 15 is 0 Å². The Hall–Kier alpha value is -3.15. The van der Waals surface area contributed by atoms with Crippen molar-refractivity contribution in [3.05, 3.63) is 76.0 Å². The first-order chi connectivity index (χ1) is 12.0. The summed E-state index contributed by atoms with van der Waals surface area (Å²) in [7, 11) is 1.55. The van der Waals surface area contributed by atoms with Crippen molar-refractivity contribution in [3.63, 3.8) is 0 Å². The summed E-state index contributed by atoms with van der Waals surface area (Å²) in [6.45, 7) is 1.48. The molecule has 0 N–H and O–H groups in total. The number of benzene rings is 2. The molecule has 25 heavy (non-hydrogen) atoms. The topological polar surface area (TPSA) is 74.4 Å². The van der Waals surface area contributed by atoms with E-state index in [0.717, 1.165) is 16.5 Å². The molecule has 0 saturated carbocycles. The Bertz CT molecular complexity index is 928. The molecule has 1 atom stereocenters. The lowest BCUT2D eigenvalue weighted by Crippen LogP contribution is -2.13. The molecule has 2 aromatic carbocycles. The SMILES string of the molecule is COc1ccc([C@@H](Cc2cn(C(C)=O)c3ccccc23)[N+](=O)[O-])cc1. The third-order valence-corrected chi connectivity index (χ3v) is 4.30. The Kier molecular flexibility index (Phi) is 4.52. The van der Waals surface area contributed by atoms with E-state index < -0.39 is 6.04 Å². The Morgan fingerprint density at radius 2 is 1.88 bits per heavy atom. The predicted octanol–water partition coefficient (Wildman–Crippen LogP) is 3.87. The van der Waals surface area contributed by atoms with E-state index in [0.29, 0.717) is 11.3 Å². The van der Waals surface area contributed by atoms with Gasteiger partial charge in [0.15, 0.2) is 0 Å². The summed E-state index contributed by atoms with van der Waals surface area (Å²) < 4.78 is 6.64. The zero-order valence-electron chi connectivity index (χ0n) is 14.0. The first kappa shape index (κ1) is 16.7. The van der Waals surface area contributed by atoms with Crippen molar-refractivity contribution < 1.29 is 14.5 Å². The van der Waals surface area contributed by atoms with Gasteiger partial charge in [-0.05, 0) is 35.9 Å². The number of nitrogens with zero attached hydrogens (tertiary/aromatic N) is 2. The summed E-state index contributed by atoms with van der Waals surface area (Å²) in [4.78, 5) is 23.2. The van der Waals surface area contributed by atoms with Crippen LogP contribution in [0.1, 0.15) is 28.9 Å². The summed E-state index contributed by atoms with van der Waals surface area (Å²) in [5.74, 6) is 0.531. The van der Waals surface area contributed by atoms with Crippen molar-refractivity contribution >= 4 is 16.8 Å². The molecule has 3 aromatic rings. The van der Waals surface area contributed by atoms with Gasteiger partial charge < -0.3 is 4.74 Å². The van der Waals surface area contributed by atoms with Crippen molar-refractivity contribution in [2.24, 2.45) is 0 Å². The number of hydrogen-bond acceptors (Lipinski definition) is 4. The summed E-state index contributed by atoms with van der Waals surface area (Å²) in [6, 6.07) is 13.4. The minimum Gasteiger partial charge on any atom is -0.497 e. The second kappa shape index (κ2) is 6.76. The summed E-state index contributed by atoms with van der Waals surface area (Å²) in [5.41, 5.74) is 2.15. The number of carbonyl (C=O) groups excluding carboxylic acids is 1. The molecule has 0 spiro atoms. The van der Waals surface area contributed by atoms with E-state index in [1.54, 1.807) is 37.6 Å². The molecule has 6 heteroatoms. The second-order valence-electron chi connectivity index (χ2n) is 5.84. The lowest BCUT2D eigenvalue weighted by Gasteiger charge is -2.10. The van der Waals surface area contributed by atoms with Crippen LogP contribution in [0.3, 0.4) is 0 Å². The highest BCUT2D eigenvalue weighted by atomic mass is 16.6. The monoisotopic (exact) mass is 338 g/mol.